The Bertz CT molecular complexity index is 882. The molecule has 0 bridgehead atoms. The molecule has 1 fully saturated rings. The highest BCUT2D eigenvalue weighted by Gasteiger charge is 2.32. The van der Waals surface area contributed by atoms with Gasteiger partial charge < -0.3 is 10.2 Å². The van der Waals surface area contributed by atoms with Crippen LogP contribution >= 0.6 is 22.6 Å². The Hall–Kier alpha value is -1.61. The Labute approximate surface area is 176 Å². The second-order valence-electron chi connectivity index (χ2n) is 7.32. The molecule has 0 radical (unpaired) electrons. The Morgan fingerprint density at radius 2 is 1.96 bits per heavy atom. The predicted octanol–water partition coefficient (Wildman–Crippen LogP) is 5.68. The summed E-state index contributed by atoms with van der Waals surface area (Å²) in [7, 11) is 2.00. The van der Waals surface area contributed by atoms with Gasteiger partial charge in [0.25, 0.3) is 5.91 Å². The minimum atomic E-state index is -4.46. The summed E-state index contributed by atoms with van der Waals surface area (Å²) >= 11 is 2.14. The van der Waals surface area contributed by atoms with Gasteiger partial charge in [-0.2, -0.15) is 13.2 Å². The van der Waals surface area contributed by atoms with Crippen molar-refractivity contribution in [3.63, 3.8) is 0 Å². The summed E-state index contributed by atoms with van der Waals surface area (Å²) in [5, 5.41) is 2.74. The van der Waals surface area contributed by atoms with Crippen LogP contribution in [0.1, 0.15) is 45.8 Å². The molecule has 3 nitrogen and oxygen atoms in total. The highest BCUT2D eigenvalue weighted by molar-refractivity contribution is 14.1. The highest BCUT2D eigenvalue weighted by atomic mass is 127. The summed E-state index contributed by atoms with van der Waals surface area (Å²) in [4.78, 5) is 14.9. The first kappa shape index (κ1) is 21.1. The third-order valence-corrected chi connectivity index (χ3v) is 6.29. The van der Waals surface area contributed by atoms with Crippen molar-refractivity contribution in [1.29, 1.82) is 0 Å². The predicted molar refractivity (Wildman–Crippen MR) is 113 cm³/mol. The summed E-state index contributed by atoms with van der Waals surface area (Å²) in [6.07, 6.45) is -2.59. The lowest BCUT2D eigenvalue weighted by molar-refractivity contribution is -0.137. The highest BCUT2D eigenvalue weighted by Crippen LogP contribution is 2.37. The van der Waals surface area contributed by atoms with E-state index in [0.717, 1.165) is 52.8 Å². The summed E-state index contributed by atoms with van der Waals surface area (Å²) in [5.74, 6) is -0.308. The number of nitrogens with zero attached hydrogens (tertiary/aromatic N) is 1. The third kappa shape index (κ3) is 4.86. The van der Waals surface area contributed by atoms with E-state index in [4.69, 9.17) is 0 Å². The van der Waals surface area contributed by atoms with Crippen molar-refractivity contribution < 1.29 is 18.0 Å². The Morgan fingerprint density at radius 1 is 1.21 bits per heavy atom. The smallest absolute Gasteiger partial charge is 0.322 e. The van der Waals surface area contributed by atoms with E-state index in [1.807, 2.05) is 20.0 Å². The lowest BCUT2D eigenvalue weighted by Gasteiger charge is -2.31. The van der Waals surface area contributed by atoms with E-state index in [2.05, 4.69) is 32.8 Å². The number of carbonyl (C=O) groups excluding carboxylic acids is 1. The van der Waals surface area contributed by atoms with Gasteiger partial charge in [-0.05, 0) is 97.3 Å². The number of rotatable bonds is 3. The number of aryl methyl sites for hydroxylation is 1. The van der Waals surface area contributed by atoms with Gasteiger partial charge in [0.1, 0.15) is 0 Å². The molecular formula is C21H22F3IN2O. The SMILES string of the molecule is Cc1ccc(C(=O)Nc2cc(C(F)(F)F)ccc2C2CCCN(C)C2)cc1I. The second kappa shape index (κ2) is 8.41. The fraction of sp³-hybridized carbons (Fsp3) is 0.381. The van der Waals surface area contributed by atoms with E-state index in [0.29, 0.717) is 5.56 Å². The van der Waals surface area contributed by atoms with E-state index in [1.165, 1.54) is 6.07 Å². The number of benzene rings is 2. The average Bonchev–Trinajstić information content (AvgIpc) is 2.63. The molecule has 7 heteroatoms. The monoisotopic (exact) mass is 502 g/mol. The van der Waals surface area contributed by atoms with Crippen LogP contribution in [0, 0.1) is 10.5 Å². The molecule has 1 N–H and O–H groups in total. The molecule has 1 unspecified atom stereocenters. The van der Waals surface area contributed by atoms with Gasteiger partial charge in [-0.25, -0.2) is 0 Å². The number of hydrogen-bond acceptors (Lipinski definition) is 2. The fourth-order valence-corrected chi connectivity index (χ4v) is 4.06. The van der Waals surface area contributed by atoms with Gasteiger partial charge in [0.05, 0.1) is 5.56 Å². The summed E-state index contributed by atoms with van der Waals surface area (Å²) in [6, 6.07) is 8.94. The van der Waals surface area contributed by atoms with Gasteiger partial charge in [-0.1, -0.05) is 12.1 Å². The summed E-state index contributed by atoms with van der Waals surface area (Å²) < 4.78 is 40.7. The van der Waals surface area contributed by atoms with Crippen molar-refractivity contribution in [2.75, 3.05) is 25.5 Å². The number of amides is 1. The first-order valence-corrected chi connectivity index (χ1v) is 10.2. The van der Waals surface area contributed by atoms with Crippen molar-refractivity contribution in [2.24, 2.45) is 0 Å². The number of halogens is 4. The Balaban J connectivity index is 1.95. The molecule has 1 atom stereocenters. The number of carbonyl (C=O) groups is 1. The largest absolute Gasteiger partial charge is 0.416 e. The van der Waals surface area contributed by atoms with E-state index in [1.54, 1.807) is 12.1 Å². The molecule has 1 aliphatic rings. The minimum absolute atomic E-state index is 0.0921. The number of hydrogen-bond donors (Lipinski definition) is 1. The van der Waals surface area contributed by atoms with Crippen LogP contribution in [0.15, 0.2) is 36.4 Å². The van der Waals surface area contributed by atoms with Crippen molar-refractivity contribution in [2.45, 2.75) is 31.9 Å². The Kier molecular flexibility index (Phi) is 6.34. The molecule has 1 amide bonds. The quantitative estimate of drug-likeness (QED) is 0.548. The molecule has 0 saturated carbocycles. The molecule has 1 aliphatic heterocycles. The average molecular weight is 502 g/mol. The zero-order chi connectivity index (χ0) is 20.5. The van der Waals surface area contributed by atoms with Gasteiger partial charge in [-0.3, -0.25) is 4.79 Å². The molecule has 3 rings (SSSR count). The first-order valence-electron chi connectivity index (χ1n) is 9.12. The topological polar surface area (TPSA) is 32.3 Å². The Morgan fingerprint density at radius 3 is 2.61 bits per heavy atom. The van der Waals surface area contributed by atoms with Crippen molar-refractivity contribution >= 4 is 34.2 Å². The van der Waals surface area contributed by atoms with Gasteiger partial charge in [0.2, 0.25) is 0 Å². The number of likely N-dealkylation sites (N-methyl/N-ethyl adjacent to an activating group) is 1. The summed E-state index contributed by atoms with van der Waals surface area (Å²) in [5.41, 5.74) is 1.72. The van der Waals surface area contributed by atoms with Crippen molar-refractivity contribution in [3.8, 4) is 0 Å². The first-order chi connectivity index (χ1) is 13.1. The number of anilines is 1. The van der Waals surface area contributed by atoms with Crippen LogP contribution in [-0.4, -0.2) is 30.9 Å². The van der Waals surface area contributed by atoms with E-state index >= 15 is 0 Å². The van der Waals surface area contributed by atoms with Crippen LogP contribution in [0.3, 0.4) is 0 Å². The van der Waals surface area contributed by atoms with Crippen molar-refractivity contribution in [3.05, 3.63) is 62.2 Å². The molecule has 0 aliphatic carbocycles. The second-order valence-corrected chi connectivity index (χ2v) is 8.48. The summed E-state index contributed by atoms with van der Waals surface area (Å²) in [6.45, 7) is 3.67. The van der Waals surface area contributed by atoms with Crippen LogP contribution in [0.25, 0.3) is 0 Å². The standard InChI is InChI=1S/C21H22F3IN2O/c1-13-5-6-14(10-18(13)25)20(28)26-19-11-16(21(22,23)24)7-8-17(19)15-4-3-9-27(2)12-15/h5-8,10-11,15H,3-4,9,12H2,1-2H3,(H,26,28). The molecule has 150 valence electrons. The van der Waals surface area contributed by atoms with E-state index < -0.39 is 17.6 Å². The lowest BCUT2D eigenvalue weighted by Crippen LogP contribution is -2.31. The molecule has 28 heavy (non-hydrogen) atoms. The number of piperidine rings is 1. The number of nitrogens with one attached hydrogen (secondary N) is 1. The zero-order valence-electron chi connectivity index (χ0n) is 15.7. The normalized spacial score (nSPS) is 18.1. The molecule has 0 spiro atoms. The molecule has 1 heterocycles. The van der Waals surface area contributed by atoms with Crippen molar-refractivity contribution in [1.82, 2.24) is 4.90 Å². The lowest BCUT2D eigenvalue weighted by atomic mass is 9.88. The fourth-order valence-electron chi connectivity index (χ4n) is 3.55. The van der Waals surface area contributed by atoms with Crippen LogP contribution < -0.4 is 5.32 Å². The maximum Gasteiger partial charge on any atom is 0.416 e. The third-order valence-electron chi connectivity index (χ3n) is 5.13. The van der Waals surface area contributed by atoms with Gasteiger partial charge in [0.15, 0.2) is 0 Å². The van der Waals surface area contributed by atoms with Gasteiger partial charge >= 0.3 is 6.18 Å². The van der Waals surface area contributed by atoms with E-state index in [9.17, 15) is 18.0 Å². The molecule has 1 saturated heterocycles. The maximum atomic E-state index is 13.2. The zero-order valence-corrected chi connectivity index (χ0v) is 17.9. The van der Waals surface area contributed by atoms with Crippen LogP contribution in [0.5, 0.6) is 0 Å². The van der Waals surface area contributed by atoms with Gasteiger partial charge in [-0.15, -0.1) is 0 Å². The molecular weight excluding hydrogens is 480 g/mol. The van der Waals surface area contributed by atoms with E-state index in [-0.39, 0.29) is 11.6 Å². The minimum Gasteiger partial charge on any atom is -0.322 e. The molecule has 2 aromatic rings. The number of alkyl halides is 3. The van der Waals surface area contributed by atoms with Crippen LogP contribution in [0.4, 0.5) is 18.9 Å². The van der Waals surface area contributed by atoms with Crippen LogP contribution in [0.2, 0.25) is 0 Å². The molecule has 0 aromatic heterocycles. The maximum absolute atomic E-state index is 13.2. The number of likely N-dealkylation sites (tertiary alicyclic amines) is 1. The molecule has 2 aromatic carbocycles. The van der Waals surface area contributed by atoms with Gasteiger partial charge in [0, 0.05) is 21.4 Å². The van der Waals surface area contributed by atoms with Crippen LogP contribution in [-0.2, 0) is 6.18 Å².